The van der Waals surface area contributed by atoms with Crippen LogP contribution in [-0.2, 0) is 16.9 Å². The van der Waals surface area contributed by atoms with E-state index in [4.69, 9.17) is 34.8 Å². The van der Waals surface area contributed by atoms with Gasteiger partial charge >= 0.3 is 6.03 Å². The van der Waals surface area contributed by atoms with Crippen LogP contribution in [0.3, 0.4) is 0 Å². The van der Waals surface area contributed by atoms with E-state index in [2.05, 4.69) is 5.32 Å². The van der Waals surface area contributed by atoms with Gasteiger partial charge in [-0.3, -0.25) is 9.69 Å². The van der Waals surface area contributed by atoms with Gasteiger partial charge in [-0.2, -0.15) is 0 Å². The fourth-order valence-electron chi connectivity index (χ4n) is 2.66. The fraction of sp³-hybridized carbons (Fsp3) is 0.176. The molecule has 4 nitrogen and oxygen atoms in total. The quantitative estimate of drug-likeness (QED) is 0.787. The predicted molar refractivity (Wildman–Crippen MR) is 94.3 cm³/mol. The average Bonchev–Trinajstić information content (AvgIpc) is 2.75. The van der Waals surface area contributed by atoms with Crippen molar-refractivity contribution < 1.29 is 9.59 Å². The highest BCUT2D eigenvalue weighted by molar-refractivity contribution is 6.36. The van der Waals surface area contributed by atoms with Gasteiger partial charge < -0.3 is 5.32 Å². The Morgan fingerprint density at radius 2 is 1.58 bits per heavy atom. The maximum absolute atomic E-state index is 12.9. The van der Waals surface area contributed by atoms with E-state index in [0.29, 0.717) is 26.2 Å². The molecule has 0 aromatic heterocycles. The first-order chi connectivity index (χ1) is 11.3. The van der Waals surface area contributed by atoms with E-state index in [0.717, 1.165) is 4.90 Å². The van der Waals surface area contributed by atoms with Gasteiger partial charge in [0, 0.05) is 20.6 Å². The molecule has 0 saturated carbocycles. The van der Waals surface area contributed by atoms with E-state index in [-0.39, 0.29) is 12.5 Å². The molecule has 7 heteroatoms. The Morgan fingerprint density at radius 3 is 2.17 bits per heavy atom. The maximum atomic E-state index is 12.9. The standard InChI is InChI=1S/C17H13Cl3N2O2/c1-17(10-5-7-11(18)8-6-10)15(23)22(16(24)21-17)9-12-13(19)3-2-4-14(12)20/h2-8H,9H2,1H3,(H,21,24)/t17-/m0/s1. The molecular formula is C17H13Cl3N2O2. The van der Waals surface area contributed by atoms with Crippen LogP contribution >= 0.6 is 34.8 Å². The Bertz CT molecular complexity index is 803. The first kappa shape index (κ1) is 17.1. The summed E-state index contributed by atoms with van der Waals surface area (Å²) in [5, 5.41) is 4.10. The van der Waals surface area contributed by atoms with Gasteiger partial charge in [-0.25, -0.2) is 4.79 Å². The van der Waals surface area contributed by atoms with Crippen molar-refractivity contribution in [2.75, 3.05) is 0 Å². The predicted octanol–water partition coefficient (Wildman–Crippen LogP) is 4.61. The lowest BCUT2D eigenvalue weighted by Gasteiger charge is -2.22. The van der Waals surface area contributed by atoms with Crippen molar-refractivity contribution in [3.63, 3.8) is 0 Å². The summed E-state index contributed by atoms with van der Waals surface area (Å²) in [4.78, 5) is 26.3. The molecule has 0 aliphatic carbocycles. The highest BCUT2D eigenvalue weighted by atomic mass is 35.5. The van der Waals surface area contributed by atoms with Crippen molar-refractivity contribution in [1.82, 2.24) is 10.2 Å². The summed E-state index contributed by atoms with van der Waals surface area (Å²) < 4.78 is 0. The molecule has 0 bridgehead atoms. The van der Waals surface area contributed by atoms with Crippen molar-refractivity contribution >= 4 is 46.7 Å². The van der Waals surface area contributed by atoms with Crippen LogP contribution in [0.4, 0.5) is 4.79 Å². The number of carbonyl (C=O) groups is 2. The van der Waals surface area contributed by atoms with Gasteiger partial charge in [0.25, 0.3) is 5.91 Å². The molecule has 1 fully saturated rings. The molecule has 2 aromatic carbocycles. The van der Waals surface area contributed by atoms with Gasteiger partial charge in [-0.15, -0.1) is 0 Å². The van der Waals surface area contributed by atoms with Crippen LogP contribution in [0.2, 0.25) is 15.1 Å². The minimum absolute atomic E-state index is 0.00630. The SMILES string of the molecule is C[C@@]1(c2ccc(Cl)cc2)NC(=O)N(Cc2c(Cl)cccc2Cl)C1=O. The number of urea groups is 1. The lowest BCUT2D eigenvalue weighted by molar-refractivity contribution is -0.131. The molecule has 0 radical (unpaired) electrons. The minimum atomic E-state index is -1.16. The number of halogens is 3. The third-order valence-corrected chi connectivity index (χ3v) is 5.03. The third-order valence-electron chi connectivity index (χ3n) is 4.07. The van der Waals surface area contributed by atoms with E-state index in [1.54, 1.807) is 49.4 Å². The van der Waals surface area contributed by atoms with E-state index in [1.165, 1.54) is 0 Å². The molecule has 1 atom stereocenters. The van der Waals surface area contributed by atoms with Crippen molar-refractivity contribution in [1.29, 1.82) is 0 Å². The van der Waals surface area contributed by atoms with Gasteiger partial charge in [0.15, 0.2) is 0 Å². The number of benzene rings is 2. The van der Waals surface area contributed by atoms with E-state index >= 15 is 0 Å². The largest absolute Gasteiger partial charge is 0.325 e. The van der Waals surface area contributed by atoms with Gasteiger partial charge in [0.1, 0.15) is 5.54 Å². The van der Waals surface area contributed by atoms with Crippen molar-refractivity contribution in [3.8, 4) is 0 Å². The highest BCUT2D eigenvalue weighted by Gasteiger charge is 2.49. The lowest BCUT2D eigenvalue weighted by atomic mass is 9.92. The van der Waals surface area contributed by atoms with Gasteiger partial charge in [0.05, 0.1) is 6.54 Å². The number of rotatable bonds is 3. The Hall–Kier alpha value is -1.75. The Kier molecular flexibility index (Phi) is 4.47. The second-order valence-corrected chi connectivity index (χ2v) is 6.90. The number of imide groups is 1. The molecular weight excluding hydrogens is 371 g/mol. The highest BCUT2D eigenvalue weighted by Crippen LogP contribution is 2.33. The van der Waals surface area contributed by atoms with E-state index in [9.17, 15) is 9.59 Å². The smallest absolute Gasteiger partial charge is 0.319 e. The van der Waals surface area contributed by atoms with Crippen molar-refractivity contribution in [2.45, 2.75) is 19.0 Å². The summed E-state index contributed by atoms with van der Waals surface area (Å²) in [6.45, 7) is 1.66. The van der Waals surface area contributed by atoms with Crippen LogP contribution < -0.4 is 5.32 Å². The van der Waals surface area contributed by atoms with Crippen LogP contribution in [0.1, 0.15) is 18.1 Å². The lowest BCUT2D eigenvalue weighted by Crippen LogP contribution is -2.40. The monoisotopic (exact) mass is 382 g/mol. The number of nitrogens with zero attached hydrogens (tertiary/aromatic N) is 1. The van der Waals surface area contributed by atoms with E-state index < -0.39 is 11.6 Å². The topological polar surface area (TPSA) is 49.4 Å². The molecule has 0 spiro atoms. The van der Waals surface area contributed by atoms with Crippen LogP contribution in [-0.4, -0.2) is 16.8 Å². The van der Waals surface area contributed by atoms with Gasteiger partial charge in [-0.1, -0.05) is 53.0 Å². The molecule has 1 saturated heterocycles. The average molecular weight is 384 g/mol. The minimum Gasteiger partial charge on any atom is -0.319 e. The second kappa shape index (κ2) is 6.28. The Labute approximate surface area is 154 Å². The molecule has 3 rings (SSSR count). The van der Waals surface area contributed by atoms with Crippen molar-refractivity contribution in [3.05, 3.63) is 68.7 Å². The first-order valence-corrected chi connectivity index (χ1v) is 8.29. The summed E-state index contributed by atoms with van der Waals surface area (Å²) in [6.07, 6.45) is 0. The zero-order valence-electron chi connectivity index (χ0n) is 12.6. The molecule has 2 aromatic rings. The number of nitrogens with one attached hydrogen (secondary N) is 1. The Balaban J connectivity index is 1.93. The van der Waals surface area contributed by atoms with Gasteiger partial charge in [0.2, 0.25) is 0 Å². The normalized spacial score (nSPS) is 20.4. The summed E-state index contributed by atoms with van der Waals surface area (Å²) in [7, 11) is 0. The summed E-state index contributed by atoms with van der Waals surface area (Å²) in [6, 6.07) is 11.3. The molecule has 124 valence electrons. The Morgan fingerprint density at radius 1 is 1.00 bits per heavy atom. The fourth-order valence-corrected chi connectivity index (χ4v) is 3.30. The summed E-state index contributed by atoms with van der Waals surface area (Å²) in [5.41, 5.74) is 0.0257. The molecule has 0 unspecified atom stereocenters. The van der Waals surface area contributed by atoms with Gasteiger partial charge in [-0.05, 0) is 36.8 Å². The molecule has 3 amide bonds. The second-order valence-electron chi connectivity index (χ2n) is 5.65. The molecule has 1 N–H and O–H groups in total. The maximum Gasteiger partial charge on any atom is 0.325 e. The van der Waals surface area contributed by atoms with Crippen LogP contribution in [0.25, 0.3) is 0 Å². The third kappa shape index (κ3) is 2.86. The van der Waals surface area contributed by atoms with Crippen LogP contribution in [0.15, 0.2) is 42.5 Å². The molecule has 24 heavy (non-hydrogen) atoms. The zero-order valence-corrected chi connectivity index (χ0v) is 14.9. The van der Waals surface area contributed by atoms with Crippen molar-refractivity contribution in [2.24, 2.45) is 0 Å². The number of hydrogen-bond acceptors (Lipinski definition) is 2. The zero-order chi connectivity index (χ0) is 17.5. The number of hydrogen-bond donors (Lipinski definition) is 1. The van der Waals surface area contributed by atoms with Crippen LogP contribution in [0.5, 0.6) is 0 Å². The molecule has 1 aliphatic rings. The number of amides is 3. The first-order valence-electron chi connectivity index (χ1n) is 7.16. The molecule has 1 heterocycles. The molecule has 1 aliphatic heterocycles. The summed E-state index contributed by atoms with van der Waals surface area (Å²) in [5.74, 6) is -0.370. The summed E-state index contributed by atoms with van der Waals surface area (Å²) >= 11 is 18.2. The number of carbonyl (C=O) groups excluding carboxylic acids is 2. The van der Waals surface area contributed by atoms with E-state index in [1.807, 2.05) is 0 Å². The van der Waals surface area contributed by atoms with Crippen LogP contribution in [0, 0.1) is 0 Å².